The Balaban J connectivity index is 2.16. The Morgan fingerprint density at radius 1 is 1.20 bits per heavy atom. The molecule has 0 aromatic heterocycles. The molecular weight excluding hydrogens is 280 g/mol. The van der Waals surface area contributed by atoms with Gasteiger partial charge in [-0.25, -0.2) is 0 Å². The molecule has 1 aliphatic heterocycles. The van der Waals surface area contributed by atoms with Crippen molar-refractivity contribution in [3.63, 3.8) is 0 Å². The predicted octanol–water partition coefficient (Wildman–Crippen LogP) is 0.480. The summed E-state index contributed by atoms with van der Waals surface area (Å²) >= 11 is 1.45. The minimum absolute atomic E-state index is 0.155. The molecule has 1 heterocycles. The van der Waals surface area contributed by atoms with E-state index in [-0.39, 0.29) is 24.6 Å². The highest BCUT2D eigenvalue weighted by molar-refractivity contribution is 7.99. The van der Waals surface area contributed by atoms with Crippen LogP contribution < -0.4 is 0 Å². The molecule has 5 atom stereocenters. The minimum Gasteiger partial charge on any atom is -0.396 e. The van der Waals surface area contributed by atoms with Crippen LogP contribution in [0, 0.1) is 5.92 Å². The van der Waals surface area contributed by atoms with Crippen molar-refractivity contribution in [1.82, 2.24) is 0 Å². The lowest BCUT2D eigenvalue weighted by atomic mass is 9.92. The maximum absolute atomic E-state index is 10.1. The second kappa shape index (κ2) is 7.40. The fraction of sp³-hybridized carbons (Fsp3) is 0.571. The van der Waals surface area contributed by atoms with E-state index in [1.54, 1.807) is 0 Å². The van der Waals surface area contributed by atoms with Gasteiger partial charge in [-0.15, -0.1) is 0 Å². The second-order valence-corrected chi connectivity index (χ2v) is 5.87. The minimum atomic E-state index is -0.949. The Morgan fingerprint density at radius 2 is 1.90 bits per heavy atom. The second-order valence-electron chi connectivity index (χ2n) is 4.69. The number of aliphatic hydroxyl groups excluding tert-OH is 3. The molecule has 0 spiro atoms. The summed E-state index contributed by atoms with van der Waals surface area (Å²) in [5.41, 5.74) is -0.382. The highest BCUT2D eigenvalue weighted by Gasteiger charge is 2.45. The molecule has 6 heteroatoms. The van der Waals surface area contributed by atoms with Crippen molar-refractivity contribution < 1.29 is 24.8 Å². The Hall–Kier alpha value is -0.630. The van der Waals surface area contributed by atoms with Crippen LogP contribution in [0.25, 0.3) is 0 Å². The molecule has 0 radical (unpaired) electrons. The standard InChI is InChI=1S/C14H20O5S/c1-18-13-10(7-15)14(19-11(8-16)12(13)17)20-9-5-3-2-4-6-9/h2-6,10-17H,7-8H2,1H3/t10-,11-,12-,13-,14+/m1/s1. The van der Waals surface area contributed by atoms with Crippen LogP contribution in [0.5, 0.6) is 0 Å². The summed E-state index contributed by atoms with van der Waals surface area (Å²) < 4.78 is 11.0. The summed E-state index contributed by atoms with van der Waals surface area (Å²) in [6.45, 7) is -0.441. The van der Waals surface area contributed by atoms with Gasteiger partial charge >= 0.3 is 0 Å². The lowest BCUT2D eigenvalue weighted by Gasteiger charge is -2.43. The molecule has 1 aliphatic rings. The van der Waals surface area contributed by atoms with E-state index in [2.05, 4.69) is 0 Å². The summed E-state index contributed by atoms with van der Waals surface area (Å²) in [6.07, 6.45) is -2.22. The van der Waals surface area contributed by atoms with Gasteiger partial charge in [0.25, 0.3) is 0 Å². The molecule has 0 bridgehead atoms. The first-order valence-electron chi connectivity index (χ1n) is 6.51. The summed E-state index contributed by atoms with van der Waals surface area (Å²) in [4.78, 5) is 0.999. The first-order chi connectivity index (χ1) is 9.71. The molecule has 2 rings (SSSR count). The van der Waals surface area contributed by atoms with E-state index in [4.69, 9.17) is 9.47 Å². The number of hydrogen-bond acceptors (Lipinski definition) is 6. The van der Waals surface area contributed by atoms with Crippen LogP contribution in [0.2, 0.25) is 0 Å². The molecule has 20 heavy (non-hydrogen) atoms. The van der Waals surface area contributed by atoms with Crippen LogP contribution in [0.15, 0.2) is 35.2 Å². The van der Waals surface area contributed by atoms with E-state index in [1.807, 2.05) is 30.3 Å². The third-order valence-electron chi connectivity index (χ3n) is 3.46. The fourth-order valence-electron chi connectivity index (χ4n) is 2.38. The van der Waals surface area contributed by atoms with Crippen molar-refractivity contribution in [3.8, 4) is 0 Å². The van der Waals surface area contributed by atoms with Crippen LogP contribution >= 0.6 is 11.8 Å². The number of aliphatic hydroxyl groups is 3. The Kier molecular flexibility index (Phi) is 5.83. The number of thioether (sulfide) groups is 1. The summed E-state index contributed by atoms with van der Waals surface area (Å²) in [7, 11) is 1.49. The van der Waals surface area contributed by atoms with Gasteiger partial charge in [0.2, 0.25) is 0 Å². The van der Waals surface area contributed by atoms with E-state index in [0.29, 0.717) is 0 Å². The van der Waals surface area contributed by atoms with E-state index in [0.717, 1.165) is 4.90 Å². The SMILES string of the molecule is CO[C@H]1[C@H](O)[C@@H](CO)O[C@@H](Sc2ccccc2)[C@@H]1CO. The molecule has 0 saturated carbocycles. The van der Waals surface area contributed by atoms with Gasteiger partial charge in [0.05, 0.1) is 19.3 Å². The zero-order chi connectivity index (χ0) is 14.5. The van der Waals surface area contributed by atoms with E-state index < -0.39 is 18.3 Å². The van der Waals surface area contributed by atoms with Gasteiger partial charge < -0.3 is 24.8 Å². The van der Waals surface area contributed by atoms with Gasteiger partial charge in [-0.2, -0.15) is 0 Å². The Labute approximate surface area is 122 Å². The average Bonchev–Trinajstić information content (AvgIpc) is 2.49. The topological polar surface area (TPSA) is 79.2 Å². The normalized spacial score (nSPS) is 34.1. The van der Waals surface area contributed by atoms with Crippen LogP contribution in [-0.2, 0) is 9.47 Å². The number of ether oxygens (including phenoxy) is 2. The van der Waals surface area contributed by atoms with Crippen molar-refractivity contribution in [2.75, 3.05) is 20.3 Å². The van der Waals surface area contributed by atoms with Gasteiger partial charge in [-0.3, -0.25) is 0 Å². The van der Waals surface area contributed by atoms with Crippen molar-refractivity contribution in [3.05, 3.63) is 30.3 Å². The van der Waals surface area contributed by atoms with Crippen LogP contribution in [0.4, 0.5) is 0 Å². The maximum Gasteiger partial charge on any atom is 0.115 e. The average molecular weight is 300 g/mol. The maximum atomic E-state index is 10.1. The Morgan fingerprint density at radius 3 is 2.45 bits per heavy atom. The molecule has 0 amide bonds. The van der Waals surface area contributed by atoms with Crippen molar-refractivity contribution in [2.24, 2.45) is 5.92 Å². The smallest absolute Gasteiger partial charge is 0.115 e. The molecule has 1 aromatic rings. The van der Waals surface area contributed by atoms with Crippen molar-refractivity contribution in [1.29, 1.82) is 0 Å². The zero-order valence-corrected chi connectivity index (χ0v) is 12.1. The number of rotatable bonds is 5. The van der Waals surface area contributed by atoms with Gasteiger partial charge in [-0.1, -0.05) is 30.0 Å². The number of methoxy groups -OCH3 is 1. The molecule has 1 saturated heterocycles. The van der Waals surface area contributed by atoms with Gasteiger partial charge in [0.1, 0.15) is 17.6 Å². The monoisotopic (exact) mass is 300 g/mol. The molecule has 1 fully saturated rings. The van der Waals surface area contributed by atoms with Gasteiger partial charge in [0.15, 0.2) is 0 Å². The Bertz CT molecular complexity index is 402. The lowest BCUT2D eigenvalue weighted by molar-refractivity contribution is -0.199. The molecule has 3 N–H and O–H groups in total. The lowest BCUT2D eigenvalue weighted by Crippen LogP contribution is -2.56. The fourth-order valence-corrected chi connectivity index (χ4v) is 3.57. The van der Waals surface area contributed by atoms with Gasteiger partial charge in [-0.05, 0) is 12.1 Å². The number of benzene rings is 1. The van der Waals surface area contributed by atoms with Crippen molar-refractivity contribution in [2.45, 2.75) is 28.6 Å². The van der Waals surface area contributed by atoms with Gasteiger partial charge in [0, 0.05) is 17.9 Å². The quantitative estimate of drug-likeness (QED) is 0.734. The first-order valence-corrected chi connectivity index (χ1v) is 7.39. The number of hydrogen-bond donors (Lipinski definition) is 3. The molecule has 1 aromatic carbocycles. The summed E-state index contributed by atoms with van der Waals surface area (Å²) in [5.74, 6) is -0.358. The summed E-state index contributed by atoms with van der Waals surface area (Å²) in [6, 6.07) is 9.66. The molecule has 0 aliphatic carbocycles. The van der Waals surface area contributed by atoms with Crippen LogP contribution in [0.1, 0.15) is 0 Å². The molecule has 112 valence electrons. The molecular formula is C14H20O5S. The van der Waals surface area contributed by atoms with E-state index in [9.17, 15) is 15.3 Å². The van der Waals surface area contributed by atoms with Crippen molar-refractivity contribution >= 4 is 11.8 Å². The predicted molar refractivity (Wildman–Crippen MR) is 75.4 cm³/mol. The zero-order valence-electron chi connectivity index (χ0n) is 11.3. The highest BCUT2D eigenvalue weighted by Crippen LogP contribution is 2.37. The van der Waals surface area contributed by atoms with Crippen LogP contribution in [-0.4, -0.2) is 59.4 Å². The van der Waals surface area contributed by atoms with E-state index >= 15 is 0 Å². The first kappa shape index (κ1) is 15.8. The summed E-state index contributed by atoms with van der Waals surface area (Å²) in [5, 5.41) is 29.0. The largest absolute Gasteiger partial charge is 0.396 e. The molecule has 5 nitrogen and oxygen atoms in total. The molecule has 0 unspecified atom stereocenters. The van der Waals surface area contributed by atoms with Crippen LogP contribution in [0.3, 0.4) is 0 Å². The third-order valence-corrected chi connectivity index (χ3v) is 4.69. The third kappa shape index (κ3) is 3.33. The highest BCUT2D eigenvalue weighted by atomic mass is 32.2. The van der Waals surface area contributed by atoms with E-state index in [1.165, 1.54) is 18.9 Å².